The van der Waals surface area contributed by atoms with E-state index in [-0.39, 0.29) is 11.7 Å². The maximum Gasteiger partial charge on any atom is 0.235 e. The maximum atomic E-state index is 12.8. The molecule has 0 radical (unpaired) electrons. The Morgan fingerprint density at radius 3 is 2.50 bits per heavy atom. The van der Waals surface area contributed by atoms with E-state index >= 15 is 0 Å². The number of nitrogens with one attached hydrogen (secondary N) is 1. The van der Waals surface area contributed by atoms with E-state index in [2.05, 4.69) is 5.32 Å². The Bertz CT molecular complexity index is 716. The molecule has 2 aromatic rings. The first kappa shape index (κ1) is 18.3. The number of aryl methyl sites for hydroxylation is 1. The van der Waals surface area contributed by atoms with Crippen LogP contribution < -0.4 is 5.32 Å². The van der Waals surface area contributed by atoms with Crippen LogP contribution in [0.1, 0.15) is 23.6 Å². The second-order valence-corrected chi connectivity index (χ2v) is 7.52. The fraction of sp³-hybridized carbons (Fsp3) is 0.316. The Labute approximate surface area is 144 Å². The number of hydrogen-bond donors (Lipinski definition) is 1. The predicted octanol–water partition coefficient (Wildman–Crippen LogP) is 3.13. The quantitative estimate of drug-likeness (QED) is 0.836. The minimum Gasteiger partial charge on any atom is -0.355 e. The van der Waals surface area contributed by atoms with Crippen LogP contribution in [0.15, 0.2) is 48.5 Å². The van der Waals surface area contributed by atoms with Crippen LogP contribution in [0.2, 0.25) is 0 Å². The third-order valence-corrected chi connectivity index (χ3v) is 5.55. The molecule has 0 spiro atoms. The number of carbonyl (C=O) groups excluding carboxylic acids is 1. The van der Waals surface area contributed by atoms with Gasteiger partial charge in [0.25, 0.3) is 0 Å². The van der Waals surface area contributed by atoms with E-state index in [0.717, 1.165) is 16.7 Å². The highest BCUT2D eigenvalue weighted by atomic mass is 32.2. The number of hydrogen-bond acceptors (Lipinski definition) is 2. The van der Waals surface area contributed by atoms with Gasteiger partial charge in [-0.3, -0.25) is 9.00 Å². The fourth-order valence-corrected chi connectivity index (χ4v) is 3.50. The van der Waals surface area contributed by atoms with Crippen molar-refractivity contribution in [2.24, 2.45) is 0 Å². The molecule has 2 unspecified atom stereocenters. The molecule has 0 bridgehead atoms. The number of halogens is 1. The van der Waals surface area contributed by atoms with Gasteiger partial charge in [0.15, 0.2) is 0 Å². The van der Waals surface area contributed by atoms with Crippen LogP contribution in [0.4, 0.5) is 4.39 Å². The lowest BCUT2D eigenvalue weighted by Gasteiger charge is -2.13. The zero-order valence-electron chi connectivity index (χ0n) is 13.9. The van der Waals surface area contributed by atoms with Gasteiger partial charge in [0.2, 0.25) is 5.91 Å². The Hall–Kier alpha value is -2.01. The molecular weight excluding hydrogens is 325 g/mol. The average molecular weight is 347 g/mol. The molecule has 0 aliphatic rings. The maximum absolute atomic E-state index is 12.8. The lowest BCUT2D eigenvalue weighted by atomic mass is 10.1. The Balaban J connectivity index is 1.82. The Morgan fingerprint density at radius 2 is 1.83 bits per heavy atom. The van der Waals surface area contributed by atoms with E-state index in [9.17, 15) is 13.4 Å². The lowest BCUT2D eigenvalue weighted by Crippen LogP contribution is -2.37. The Morgan fingerprint density at radius 1 is 1.17 bits per heavy atom. The van der Waals surface area contributed by atoms with Gasteiger partial charge in [-0.05, 0) is 49.1 Å². The standard InChI is InChI=1S/C19H22FNO2S/c1-14-5-3-4-6-17(14)13-24(23)15(2)19(22)21-12-11-16-7-9-18(20)10-8-16/h3-10,15H,11-13H2,1-2H3,(H,21,22). The molecule has 1 N–H and O–H groups in total. The third-order valence-electron chi connectivity index (χ3n) is 3.95. The molecule has 1 amide bonds. The van der Waals surface area contributed by atoms with Crippen LogP contribution in [0.25, 0.3) is 0 Å². The molecule has 24 heavy (non-hydrogen) atoms. The smallest absolute Gasteiger partial charge is 0.235 e. The summed E-state index contributed by atoms with van der Waals surface area (Å²) in [7, 11) is -1.27. The van der Waals surface area contributed by atoms with Crippen LogP contribution in [0, 0.1) is 12.7 Å². The molecular formula is C19H22FNO2S. The zero-order chi connectivity index (χ0) is 17.5. The topological polar surface area (TPSA) is 46.2 Å². The molecule has 0 aliphatic carbocycles. The molecule has 0 aliphatic heterocycles. The highest BCUT2D eigenvalue weighted by molar-refractivity contribution is 7.85. The average Bonchev–Trinajstić information content (AvgIpc) is 2.58. The molecule has 2 aromatic carbocycles. The first-order valence-electron chi connectivity index (χ1n) is 7.91. The molecule has 3 nitrogen and oxygen atoms in total. The van der Waals surface area contributed by atoms with E-state index in [4.69, 9.17) is 0 Å². The fourth-order valence-electron chi connectivity index (χ4n) is 2.29. The van der Waals surface area contributed by atoms with Gasteiger partial charge in [0.1, 0.15) is 11.1 Å². The summed E-state index contributed by atoms with van der Waals surface area (Å²) in [5.74, 6) is -0.119. The first-order chi connectivity index (χ1) is 11.5. The summed E-state index contributed by atoms with van der Waals surface area (Å²) in [6.45, 7) is 4.10. The van der Waals surface area contributed by atoms with Crippen LogP contribution in [-0.4, -0.2) is 21.9 Å². The van der Waals surface area contributed by atoms with Gasteiger partial charge in [-0.1, -0.05) is 36.4 Å². The predicted molar refractivity (Wildman–Crippen MR) is 95.6 cm³/mol. The van der Waals surface area contributed by atoms with Crippen molar-refractivity contribution >= 4 is 16.7 Å². The van der Waals surface area contributed by atoms with Crippen molar-refractivity contribution in [3.05, 3.63) is 71.0 Å². The Kier molecular flexibility index (Phi) is 6.67. The van der Waals surface area contributed by atoms with E-state index < -0.39 is 16.0 Å². The summed E-state index contributed by atoms with van der Waals surface area (Å²) in [6.07, 6.45) is 0.614. The van der Waals surface area contributed by atoms with Crippen LogP contribution in [0.5, 0.6) is 0 Å². The second-order valence-electron chi connectivity index (χ2n) is 5.76. The van der Waals surface area contributed by atoms with Crippen LogP contribution in [0.3, 0.4) is 0 Å². The van der Waals surface area contributed by atoms with Crippen LogP contribution >= 0.6 is 0 Å². The minimum atomic E-state index is -1.27. The summed E-state index contributed by atoms with van der Waals surface area (Å²) in [5.41, 5.74) is 3.03. The van der Waals surface area contributed by atoms with E-state index in [0.29, 0.717) is 18.7 Å². The zero-order valence-corrected chi connectivity index (χ0v) is 14.7. The molecule has 0 aromatic heterocycles. The summed E-state index contributed by atoms with van der Waals surface area (Å²) in [5, 5.41) is 2.23. The van der Waals surface area contributed by atoms with Gasteiger partial charge in [-0.2, -0.15) is 0 Å². The number of rotatable bonds is 7. The number of benzene rings is 2. The molecule has 0 saturated carbocycles. The van der Waals surface area contributed by atoms with Crippen molar-refractivity contribution in [2.45, 2.75) is 31.3 Å². The monoisotopic (exact) mass is 347 g/mol. The molecule has 2 rings (SSSR count). The van der Waals surface area contributed by atoms with E-state index in [1.165, 1.54) is 12.1 Å². The number of carbonyl (C=O) groups is 1. The summed E-state index contributed by atoms with van der Waals surface area (Å²) in [4.78, 5) is 12.1. The molecule has 5 heteroatoms. The third kappa shape index (κ3) is 5.27. The van der Waals surface area contributed by atoms with Crippen molar-refractivity contribution in [3.8, 4) is 0 Å². The van der Waals surface area contributed by atoms with Crippen molar-refractivity contribution in [2.75, 3.05) is 6.54 Å². The highest BCUT2D eigenvalue weighted by Crippen LogP contribution is 2.12. The van der Waals surface area contributed by atoms with Crippen molar-refractivity contribution in [1.29, 1.82) is 0 Å². The van der Waals surface area contributed by atoms with Gasteiger partial charge >= 0.3 is 0 Å². The lowest BCUT2D eigenvalue weighted by molar-refractivity contribution is -0.120. The first-order valence-corrected chi connectivity index (χ1v) is 9.29. The highest BCUT2D eigenvalue weighted by Gasteiger charge is 2.20. The van der Waals surface area contributed by atoms with Crippen LogP contribution in [-0.2, 0) is 27.8 Å². The molecule has 2 atom stereocenters. The molecule has 0 saturated heterocycles. The largest absolute Gasteiger partial charge is 0.355 e. The van der Waals surface area contributed by atoms with E-state index in [1.807, 2.05) is 31.2 Å². The summed E-state index contributed by atoms with van der Waals surface area (Å²) in [6, 6.07) is 13.9. The molecule has 0 heterocycles. The van der Waals surface area contributed by atoms with Crippen molar-refractivity contribution in [1.82, 2.24) is 5.32 Å². The summed E-state index contributed by atoms with van der Waals surface area (Å²) >= 11 is 0. The molecule has 0 fully saturated rings. The normalized spacial score (nSPS) is 13.3. The van der Waals surface area contributed by atoms with Gasteiger partial charge in [-0.25, -0.2) is 4.39 Å². The van der Waals surface area contributed by atoms with Gasteiger partial charge in [0.05, 0.1) is 0 Å². The van der Waals surface area contributed by atoms with Gasteiger partial charge < -0.3 is 5.32 Å². The van der Waals surface area contributed by atoms with E-state index in [1.54, 1.807) is 19.1 Å². The van der Waals surface area contributed by atoms with Crippen molar-refractivity contribution in [3.63, 3.8) is 0 Å². The van der Waals surface area contributed by atoms with Crippen molar-refractivity contribution < 1.29 is 13.4 Å². The summed E-state index contributed by atoms with van der Waals surface area (Å²) < 4.78 is 25.2. The SMILES string of the molecule is Cc1ccccc1CS(=O)C(C)C(=O)NCCc1ccc(F)cc1. The van der Waals surface area contributed by atoms with Gasteiger partial charge in [-0.15, -0.1) is 0 Å². The number of amides is 1. The molecule has 128 valence electrons. The minimum absolute atomic E-state index is 0.218. The van der Waals surface area contributed by atoms with Gasteiger partial charge in [0, 0.05) is 23.1 Å². The second kappa shape index (κ2) is 8.73.